The van der Waals surface area contributed by atoms with Crippen molar-refractivity contribution in [3.05, 3.63) is 34.0 Å². The topological polar surface area (TPSA) is 45.6 Å². The SMILES string of the molecule is Cc1cc(C2CN3CCC2CC3)ncc1CN=O. The zero-order valence-electron chi connectivity index (χ0n) is 10.8. The van der Waals surface area contributed by atoms with E-state index in [-0.39, 0.29) is 6.54 Å². The fourth-order valence-corrected chi connectivity index (χ4v) is 3.34. The van der Waals surface area contributed by atoms with Crippen molar-refractivity contribution in [2.45, 2.75) is 32.2 Å². The van der Waals surface area contributed by atoms with E-state index < -0.39 is 0 Å². The zero-order chi connectivity index (χ0) is 12.5. The van der Waals surface area contributed by atoms with Gasteiger partial charge in [0.05, 0.1) is 0 Å². The number of hydrogen-bond donors (Lipinski definition) is 0. The lowest BCUT2D eigenvalue weighted by atomic mass is 9.77. The summed E-state index contributed by atoms with van der Waals surface area (Å²) < 4.78 is 0. The van der Waals surface area contributed by atoms with E-state index in [1.54, 1.807) is 0 Å². The Bertz CT molecular complexity index is 452. The van der Waals surface area contributed by atoms with Gasteiger partial charge in [0.2, 0.25) is 0 Å². The first-order chi connectivity index (χ1) is 8.78. The normalized spacial score (nSPS) is 30.4. The van der Waals surface area contributed by atoms with Crippen molar-refractivity contribution in [1.29, 1.82) is 0 Å². The molecule has 18 heavy (non-hydrogen) atoms. The summed E-state index contributed by atoms with van der Waals surface area (Å²) in [5, 5.41) is 2.95. The number of nitroso groups, excluding NO2 is 1. The highest BCUT2D eigenvalue weighted by molar-refractivity contribution is 5.28. The van der Waals surface area contributed by atoms with Crippen LogP contribution in [0.4, 0.5) is 0 Å². The van der Waals surface area contributed by atoms with E-state index >= 15 is 0 Å². The van der Waals surface area contributed by atoms with Crippen LogP contribution in [0.1, 0.15) is 35.6 Å². The maximum absolute atomic E-state index is 10.3. The highest BCUT2D eigenvalue weighted by Crippen LogP contribution is 2.38. The third kappa shape index (κ3) is 2.05. The van der Waals surface area contributed by atoms with Crippen LogP contribution in [-0.2, 0) is 6.54 Å². The van der Waals surface area contributed by atoms with Crippen LogP contribution in [0.5, 0.6) is 0 Å². The van der Waals surface area contributed by atoms with Crippen molar-refractivity contribution in [2.24, 2.45) is 11.1 Å². The molecule has 2 bridgehead atoms. The van der Waals surface area contributed by atoms with Gasteiger partial charge in [-0.1, -0.05) is 5.18 Å². The molecule has 4 nitrogen and oxygen atoms in total. The van der Waals surface area contributed by atoms with Crippen molar-refractivity contribution < 1.29 is 0 Å². The third-order valence-corrected chi connectivity index (χ3v) is 4.51. The number of aryl methyl sites for hydroxylation is 1. The molecule has 0 aliphatic carbocycles. The first-order valence-electron chi connectivity index (χ1n) is 6.75. The third-order valence-electron chi connectivity index (χ3n) is 4.51. The minimum atomic E-state index is 0.235. The summed E-state index contributed by atoms with van der Waals surface area (Å²) in [7, 11) is 0. The molecule has 0 aromatic carbocycles. The lowest BCUT2D eigenvalue weighted by Crippen LogP contribution is -2.46. The van der Waals surface area contributed by atoms with Gasteiger partial charge in [-0.05, 0) is 56.0 Å². The Morgan fingerprint density at radius 2 is 2.22 bits per heavy atom. The second-order valence-corrected chi connectivity index (χ2v) is 5.57. The first-order valence-corrected chi connectivity index (χ1v) is 6.75. The summed E-state index contributed by atoms with van der Waals surface area (Å²) in [5.41, 5.74) is 3.31. The molecule has 1 aromatic heterocycles. The number of nitrogens with zero attached hydrogens (tertiary/aromatic N) is 3. The second kappa shape index (κ2) is 4.76. The lowest BCUT2D eigenvalue weighted by Gasteiger charge is -2.44. The number of aromatic nitrogens is 1. The van der Waals surface area contributed by atoms with Gasteiger partial charge in [0, 0.05) is 24.4 Å². The largest absolute Gasteiger partial charge is 0.303 e. The zero-order valence-corrected chi connectivity index (χ0v) is 10.8. The molecule has 3 saturated heterocycles. The van der Waals surface area contributed by atoms with E-state index in [0.717, 1.165) is 23.6 Å². The van der Waals surface area contributed by atoms with Gasteiger partial charge in [-0.25, -0.2) is 0 Å². The molecule has 96 valence electrons. The number of rotatable bonds is 3. The summed E-state index contributed by atoms with van der Waals surface area (Å²) in [6.45, 7) is 5.95. The predicted molar refractivity (Wildman–Crippen MR) is 70.4 cm³/mol. The Labute approximate surface area is 107 Å². The molecular weight excluding hydrogens is 226 g/mol. The average molecular weight is 245 g/mol. The van der Waals surface area contributed by atoms with Crippen LogP contribution in [-0.4, -0.2) is 29.5 Å². The molecule has 4 heteroatoms. The first kappa shape index (κ1) is 11.8. The molecule has 0 amide bonds. The summed E-state index contributed by atoms with van der Waals surface area (Å²) in [6, 6.07) is 2.16. The maximum atomic E-state index is 10.3. The van der Waals surface area contributed by atoms with Crippen molar-refractivity contribution in [3.8, 4) is 0 Å². The molecule has 0 radical (unpaired) electrons. The summed E-state index contributed by atoms with van der Waals surface area (Å²) in [4.78, 5) is 17.5. The number of fused-ring (bicyclic) bond motifs is 3. The van der Waals surface area contributed by atoms with Gasteiger partial charge < -0.3 is 4.90 Å². The van der Waals surface area contributed by atoms with Gasteiger partial charge in [-0.15, -0.1) is 0 Å². The molecule has 3 aliphatic rings. The van der Waals surface area contributed by atoms with E-state index in [0.29, 0.717) is 5.92 Å². The van der Waals surface area contributed by atoms with Crippen molar-refractivity contribution in [1.82, 2.24) is 9.88 Å². The molecular formula is C14H19N3O. The molecule has 0 saturated carbocycles. The molecule has 0 spiro atoms. The Morgan fingerprint density at radius 1 is 1.44 bits per heavy atom. The fourth-order valence-electron chi connectivity index (χ4n) is 3.34. The predicted octanol–water partition coefficient (Wildman–Crippen LogP) is 2.47. The highest BCUT2D eigenvalue weighted by Gasteiger charge is 2.35. The van der Waals surface area contributed by atoms with Crippen LogP contribution in [0.25, 0.3) is 0 Å². The van der Waals surface area contributed by atoms with Gasteiger partial charge >= 0.3 is 0 Å². The molecule has 0 N–H and O–H groups in total. The summed E-state index contributed by atoms with van der Waals surface area (Å²) >= 11 is 0. The monoisotopic (exact) mass is 245 g/mol. The molecule has 3 fully saturated rings. The van der Waals surface area contributed by atoms with Gasteiger partial charge in [-0.2, -0.15) is 4.91 Å². The summed E-state index contributed by atoms with van der Waals surface area (Å²) in [5.74, 6) is 1.39. The Kier molecular flexibility index (Phi) is 3.12. The lowest BCUT2D eigenvalue weighted by molar-refractivity contribution is 0.0854. The summed E-state index contributed by atoms with van der Waals surface area (Å²) in [6.07, 6.45) is 4.45. The molecule has 1 aromatic rings. The smallest absolute Gasteiger partial charge is 0.108 e. The molecule has 4 heterocycles. The number of pyridine rings is 1. The van der Waals surface area contributed by atoms with Crippen LogP contribution in [0.15, 0.2) is 17.4 Å². The Hall–Kier alpha value is -1.29. The number of hydrogen-bond acceptors (Lipinski definition) is 4. The van der Waals surface area contributed by atoms with E-state index in [1.807, 2.05) is 13.1 Å². The van der Waals surface area contributed by atoms with Crippen LogP contribution < -0.4 is 0 Å². The number of piperidine rings is 3. The second-order valence-electron chi connectivity index (χ2n) is 5.57. The van der Waals surface area contributed by atoms with Crippen LogP contribution in [0.3, 0.4) is 0 Å². The van der Waals surface area contributed by atoms with Crippen LogP contribution >= 0.6 is 0 Å². The standard InChI is InChI=1S/C14H19N3O/c1-10-6-14(15-7-12(10)8-16-18)13-9-17-4-2-11(13)3-5-17/h6-7,11,13H,2-5,8-9H2,1H3. The minimum absolute atomic E-state index is 0.235. The van der Waals surface area contributed by atoms with Gasteiger partial charge in [-0.3, -0.25) is 4.98 Å². The van der Waals surface area contributed by atoms with E-state index in [9.17, 15) is 4.91 Å². The van der Waals surface area contributed by atoms with Crippen LogP contribution in [0.2, 0.25) is 0 Å². The molecule has 3 aliphatic heterocycles. The molecule has 1 unspecified atom stereocenters. The van der Waals surface area contributed by atoms with Crippen molar-refractivity contribution in [3.63, 3.8) is 0 Å². The molecule has 4 rings (SSSR count). The maximum Gasteiger partial charge on any atom is 0.108 e. The van der Waals surface area contributed by atoms with Crippen LogP contribution in [0, 0.1) is 17.7 Å². The Balaban J connectivity index is 1.84. The average Bonchev–Trinajstić information content (AvgIpc) is 2.42. The fraction of sp³-hybridized carbons (Fsp3) is 0.643. The van der Waals surface area contributed by atoms with Gasteiger partial charge in [0.1, 0.15) is 6.54 Å². The Morgan fingerprint density at radius 3 is 2.78 bits per heavy atom. The molecule has 1 atom stereocenters. The van der Waals surface area contributed by atoms with E-state index in [2.05, 4.69) is 21.1 Å². The van der Waals surface area contributed by atoms with Crippen molar-refractivity contribution in [2.75, 3.05) is 19.6 Å². The van der Waals surface area contributed by atoms with Gasteiger partial charge in [0.15, 0.2) is 0 Å². The van der Waals surface area contributed by atoms with Gasteiger partial charge in [0.25, 0.3) is 0 Å². The highest BCUT2D eigenvalue weighted by atomic mass is 16.3. The van der Waals surface area contributed by atoms with E-state index in [1.165, 1.54) is 31.6 Å². The van der Waals surface area contributed by atoms with Crippen molar-refractivity contribution >= 4 is 0 Å². The quantitative estimate of drug-likeness (QED) is 0.768. The van der Waals surface area contributed by atoms with E-state index in [4.69, 9.17) is 0 Å². The minimum Gasteiger partial charge on any atom is -0.303 e.